The van der Waals surface area contributed by atoms with Gasteiger partial charge in [-0.25, -0.2) is 0 Å². The molecule has 0 aromatic heterocycles. The largest absolute Gasteiger partial charge is 0.352 e. The highest BCUT2D eigenvalue weighted by Crippen LogP contribution is 2.23. The molecule has 2 nitrogen and oxygen atoms in total. The van der Waals surface area contributed by atoms with Crippen molar-refractivity contribution in [3.05, 3.63) is 0 Å². The summed E-state index contributed by atoms with van der Waals surface area (Å²) in [5, 5.41) is 3.09. The fourth-order valence-electron chi connectivity index (χ4n) is 2.23. The third-order valence-electron chi connectivity index (χ3n) is 3.52. The summed E-state index contributed by atoms with van der Waals surface area (Å²) >= 11 is 5.86. The Kier molecular flexibility index (Phi) is 6.18. The van der Waals surface area contributed by atoms with Crippen LogP contribution in [0.4, 0.5) is 0 Å². The third-order valence-corrected chi connectivity index (χ3v) is 3.86. The molecule has 1 fully saturated rings. The average molecular weight is 246 g/mol. The number of alkyl halides is 1. The van der Waals surface area contributed by atoms with E-state index < -0.39 is 0 Å². The molecular weight excluding hydrogens is 222 g/mol. The molecule has 0 radical (unpaired) electrons. The van der Waals surface area contributed by atoms with Crippen molar-refractivity contribution >= 4 is 17.5 Å². The van der Waals surface area contributed by atoms with E-state index in [-0.39, 0.29) is 17.9 Å². The van der Waals surface area contributed by atoms with Gasteiger partial charge in [0.25, 0.3) is 0 Å². The van der Waals surface area contributed by atoms with Crippen molar-refractivity contribution in [3.63, 3.8) is 0 Å². The Morgan fingerprint density at radius 1 is 1.25 bits per heavy atom. The monoisotopic (exact) mass is 245 g/mol. The third kappa shape index (κ3) is 4.32. The van der Waals surface area contributed by atoms with Crippen molar-refractivity contribution < 1.29 is 4.79 Å². The van der Waals surface area contributed by atoms with E-state index in [4.69, 9.17) is 11.6 Å². The molecule has 94 valence electrons. The molecule has 0 bridgehead atoms. The van der Waals surface area contributed by atoms with Gasteiger partial charge in [0.1, 0.15) is 0 Å². The molecule has 1 aliphatic carbocycles. The molecule has 1 rings (SSSR count). The van der Waals surface area contributed by atoms with Gasteiger partial charge in [-0.3, -0.25) is 4.79 Å². The lowest BCUT2D eigenvalue weighted by Gasteiger charge is -2.23. The van der Waals surface area contributed by atoms with Crippen LogP contribution in [-0.4, -0.2) is 17.8 Å². The van der Waals surface area contributed by atoms with Crippen molar-refractivity contribution in [1.29, 1.82) is 0 Å². The van der Waals surface area contributed by atoms with E-state index in [0.29, 0.717) is 11.8 Å². The lowest BCUT2D eigenvalue weighted by Crippen LogP contribution is -2.42. The second kappa shape index (κ2) is 7.16. The Balaban J connectivity index is 2.42. The summed E-state index contributed by atoms with van der Waals surface area (Å²) in [6.45, 7) is 4.20. The van der Waals surface area contributed by atoms with Crippen molar-refractivity contribution in [3.8, 4) is 0 Å². The fourth-order valence-corrected chi connectivity index (χ4v) is 2.66. The number of carbonyl (C=O) groups excluding carboxylic acids is 1. The molecule has 0 aromatic carbocycles. The minimum Gasteiger partial charge on any atom is -0.352 e. The fraction of sp³-hybridized carbons (Fsp3) is 0.923. The van der Waals surface area contributed by atoms with Crippen LogP contribution in [0.25, 0.3) is 0 Å². The molecule has 3 heteroatoms. The molecule has 0 spiro atoms. The number of nitrogens with one attached hydrogen (secondary N) is 1. The number of hydrogen-bond donors (Lipinski definition) is 1. The normalized spacial score (nSPS) is 20.5. The topological polar surface area (TPSA) is 29.1 Å². The van der Waals surface area contributed by atoms with Crippen molar-refractivity contribution in [1.82, 2.24) is 5.32 Å². The molecule has 1 atom stereocenters. The highest BCUT2D eigenvalue weighted by molar-refractivity contribution is 6.18. The quantitative estimate of drug-likeness (QED) is 0.598. The summed E-state index contributed by atoms with van der Waals surface area (Å²) in [5.41, 5.74) is 0. The maximum atomic E-state index is 12.1. The lowest BCUT2D eigenvalue weighted by atomic mass is 9.98. The Hall–Kier alpha value is -0.240. The van der Waals surface area contributed by atoms with E-state index in [9.17, 15) is 4.79 Å². The van der Waals surface area contributed by atoms with Crippen LogP contribution in [0.15, 0.2) is 0 Å². The Labute approximate surface area is 104 Å². The predicted octanol–water partition coefficient (Wildman–Crippen LogP) is 3.34. The van der Waals surface area contributed by atoms with E-state index in [1.165, 1.54) is 25.7 Å². The van der Waals surface area contributed by atoms with Gasteiger partial charge in [-0.05, 0) is 18.8 Å². The SMILES string of the molecule is CC(C)C(CCl)NC(=O)C1CCCCCC1. The van der Waals surface area contributed by atoms with Crippen LogP contribution in [0, 0.1) is 11.8 Å². The smallest absolute Gasteiger partial charge is 0.223 e. The van der Waals surface area contributed by atoms with Gasteiger partial charge in [-0.1, -0.05) is 39.5 Å². The van der Waals surface area contributed by atoms with Gasteiger partial charge in [-0.2, -0.15) is 0 Å². The van der Waals surface area contributed by atoms with Crippen LogP contribution in [0.3, 0.4) is 0 Å². The average Bonchev–Trinajstić information content (AvgIpc) is 2.53. The van der Waals surface area contributed by atoms with Crippen molar-refractivity contribution in [2.24, 2.45) is 11.8 Å². The molecule has 1 amide bonds. The predicted molar refractivity (Wildman–Crippen MR) is 68.7 cm³/mol. The van der Waals surface area contributed by atoms with Crippen molar-refractivity contribution in [2.75, 3.05) is 5.88 Å². The Bertz CT molecular complexity index is 210. The van der Waals surface area contributed by atoms with Gasteiger partial charge in [-0.15, -0.1) is 11.6 Å². The first-order chi connectivity index (χ1) is 7.65. The molecule has 0 saturated heterocycles. The number of hydrogen-bond acceptors (Lipinski definition) is 1. The van der Waals surface area contributed by atoms with Gasteiger partial charge in [0.2, 0.25) is 5.91 Å². The molecule has 0 heterocycles. The number of rotatable bonds is 4. The maximum Gasteiger partial charge on any atom is 0.223 e. The van der Waals surface area contributed by atoms with E-state index in [2.05, 4.69) is 19.2 Å². The summed E-state index contributed by atoms with van der Waals surface area (Å²) in [4.78, 5) is 12.1. The van der Waals surface area contributed by atoms with Crippen LogP contribution >= 0.6 is 11.6 Å². The Morgan fingerprint density at radius 3 is 2.25 bits per heavy atom. The molecule has 1 unspecified atom stereocenters. The maximum absolute atomic E-state index is 12.1. The highest BCUT2D eigenvalue weighted by Gasteiger charge is 2.23. The van der Waals surface area contributed by atoms with Gasteiger partial charge in [0.15, 0.2) is 0 Å². The first-order valence-electron chi connectivity index (χ1n) is 6.51. The first-order valence-corrected chi connectivity index (χ1v) is 7.05. The van der Waals surface area contributed by atoms with E-state index in [0.717, 1.165) is 12.8 Å². The summed E-state index contributed by atoms with van der Waals surface area (Å²) in [5.74, 6) is 1.37. The summed E-state index contributed by atoms with van der Waals surface area (Å²) in [6, 6.07) is 0.123. The molecule has 16 heavy (non-hydrogen) atoms. The molecule has 1 aliphatic rings. The molecular formula is C13H24ClNO. The highest BCUT2D eigenvalue weighted by atomic mass is 35.5. The molecule has 0 aliphatic heterocycles. The number of halogens is 1. The van der Waals surface area contributed by atoms with Gasteiger partial charge in [0, 0.05) is 17.8 Å². The van der Waals surface area contributed by atoms with Crippen LogP contribution < -0.4 is 5.32 Å². The zero-order chi connectivity index (χ0) is 12.0. The number of amides is 1. The first kappa shape index (κ1) is 13.8. The second-order valence-corrected chi connectivity index (χ2v) is 5.51. The standard InChI is InChI=1S/C13H24ClNO/c1-10(2)12(9-14)15-13(16)11-7-5-3-4-6-8-11/h10-12H,3-9H2,1-2H3,(H,15,16). The number of carbonyl (C=O) groups is 1. The van der Waals surface area contributed by atoms with Crippen LogP contribution in [0.1, 0.15) is 52.4 Å². The summed E-state index contributed by atoms with van der Waals surface area (Å²) < 4.78 is 0. The Morgan fingerprint density at radius 2 is 1.81 bits per heavy atom. The minimum atomic E-state index is 0.123. The lowest BCUT2D eigenvalue weighted by molar-refractivity contribution is -0.126. The second-order valence-electron chi connectivity index (χ2n) is 5.20. The van der Waals surface area contributed by atoms with Gasteiger partial charge < -0.3 is 5.32 Å². The zero-order valence-corrected chi connectivity index (χ0v) is 11.2. The minimum absolute atomic E-state index is 0.123. The van der Waals surface area contributed by atoms with Crippen LogP contribution in [-0.2, 0) is 4.79 Å². The van der Waals surface area contributed by atoms with Crippen LogP contribution in [0.2, 0.25) is 0 Å². The van der Waals surface area contributed by atoms with E-state index in [1.54, 1.807) is 0 Å². The van der Waals surface area contributed by atoms with Crippen LogP contribution in [0.5, 0.6) is 0 Å². The van der Waals surface area contributed by atoms with E-state index in [1.807, 2.05) is 0 Å². The summed E-state index contributed by atoms with van der Waals surface area (Å²) in [7, 11) is 0. The van der Waals surface area contributed by atoms with Gasteiger partial charge in [0.05, 0.1) is 0 Å². The van der Waals surface area contributed by atoms with E-state index >= 15 is 0 Å². The summed E-state index contributed by atoms with van der Waals surface area (Å²) in [6.07, 6.45) is 7.08. The van der Waals surface area contributed by atoms with Gasteiger partial charge >= 0.3 is 0 Å². The van der Waals surface area contributed by atoms with Crippen molar-refractivity contribution in [2.45, 2.75) is 58.4 Å². The molecule has 1 saturated carbocycles. The molecule has 1 N–H and O–H groups in total. The molecule has 0 aromatic rings. The zero-order valence-electron chi connectivity index (χ0n) is 10.5.